The second-order valence-corrected chi connectivity index (χ2v) is 9.38. The summed E-state index contributed by atoms with van der Waals surface area (Å²) in [5.41, 5.74) is 1.52. The van der Waals surface area contributed by atoms with Crippen LogP contribution in [0.1, 0.15) is 5.56 Å². The minimum absolute atomic E-state index is 0.0635. The molecule has 2 heterocycles. The van der Waals surface area contributed by atoms with Crippen LogP contribution < -0.4 is 0 Å². The van der Waals surface area contributed by atoms with Gasteiger partial charge in [-0.2, -0.15) is 4.31 Å². The highest BCUT2D eigenvalue weighted by molar-refractivity contribution is 7.89. The number of benzene rings is 2. The molecular weight excluding hydrogens is 428 g/mol. The first kappa shape index (κ1) is 20.7. The van der Waals surface area contributed by atoms with E-state index >= 15 is 0 Å². The molecule has 0 saturated carbocycles. The fraction of sp³-hybridized carbons (Fsp3) is 0.250. The van der Waals surface area contributed by atoms with Crippen LogP contribution in [0.3, 0.4) is 0 Å². The summed E-state index contributed by atoms with van der Waals surface area (Å²) in [6, 6.07) is 12.8. The van der Waals surface area contributed by atoms with Gasteiger partial charge in [0.05, 0.1) is 15.3 Å². The first-order valence-corrected chi connectivity index (χ1v) is 11.2. The molecule has 8 nitrogen and oxygen atoms in total. The summed E-state index contributed by atoms with van der Waals surface area (Å²) in [6.07, 6.45) is 1.73. The van der Waals surface area contributed by atoms with Crippen LogP contribution >= 0.6 is 11.6 Å². The largest absolute Gasteiger partial charge is 0.296 e. The fourth-order valence-corrected chi connectivity index (χ4v) is 5.26. The standard InChI is InChI=1S/C20H19ClN4O4S/c21-19-7-6-15-3-2-8-22-20(15)18(19)14-23-9-11-24(12-10-23)30(28,29)17-5-1-4-16(13-17)25(26)27/h1-8,13H,9-12,14H2. The molecule has 0 amide bonds. The van der Waals surface area contributed by atoms with E-state index in [1.807, 2.05) is 24.3 Å². The number of halogens is 1. The SMILES string of the molecule is O=[N+]([O-])c1cccc(S(=O)(=O)N2CCN(Cc3c(Cl)ccc4cccnc34)CC2)c1. The number of nitrogens with zero attached hydrogens (tertiary/aromatic N) is 4. The molecule has 1 saturated heterocycles. The maximum Gasteiger partial charge on any atom is 0.270 e. The van der Waals surface area contributed by atoms with E-state index in [-0.39, 0.29) is 10.6 Å². The van der Waals surface area contributed by atoms with Crippen LogP contribution in [-0.4, -0.2) is 53.7 Å². The fourth-order valence-electron chi connectivity index (χ4n) is 3.59. The first-order valence-electron chi connectivity index (χ1n) is 9.35. The summed E-state index contributed by atoms with van der Waals surface area (Å²) in [5.74, 6) is 0. The molecule has 0 N–H and O–H groups in total. The number of hydrogen-bond donors (Lipinski definition) is 0. The van der Waals surface area contributed by atoms with Crippen molar-refractivity contribution in [3.8, 4) is 0 Å². The van der Waals surface area contributed by atoms with E-state index in [9.17, 15) is 18.5 Å². The quantitative estimate of drug-likeness (QED) is 0.440. The monoisotopic (exact) mass is 446 g/mol. The molecule has 0 atom stereocenters. The lowest BCUT2D eigenvalue weighted by Gasteiger charge is -2.34. The molecule has 1 aliphatic heterocycles. The van der Waals surface area contributed by atoms with Gasteiger partial charge in [0.15, 0.2) is 0 Å². The third kappa shape index (κ3) is 4.01. The second-order valence-electron chi connectivity index (χ2n) is 7.04. The number of hydrogen-bond acceptors (Lipinski definition) is 6. The molecule has 156 valence electrons. The maximum absolute atomic E-state index is 12.9. The van der Waals surface area contributed by atoms with Crippen LogP contribution in [0.25, 0.3) is 10.9 Å². The molecule has 1 fully saturated rings. The topological polar surface area (TPSA) is 96.6 Å². The van der Waals surface area contributed by atoms with E-state index in [0.29, 0.717) is 37.7 Å². The zero-order valence-electron chi connectivity index (χ0n) is 15.9. The number of aromatic nitrogens is 1. The van der Waals surface area contributed by atoms with Gasteiger partial charge in [-0.1, -0.05) is 29.8 Å². The predicted octanol–water partition coefficient (Wildman–Crippen LogP) is 3.30. The predicted molar refractivity (Wildman–Crippen MR) is 114 cm³/mol. The smallest absolute Gasteiger partial charge is 0.270 e. The average Bonchev–Trinajstić information content (AvgIpc) is 2.76. The van der Waals surface area contributed by atoms with Gasteiger partial charge >= 0.3 is 0 Å². The van der Waals surface area contributed by atoms with Crippen molar-refractivity contribution in [3.63, 3.8) is 0 Å². The van der Waals surface area contributed by atoms with Gasteiger partial charge in [0.2, 0.25) is 10.0 Å². The van der Waals surface area contributed by atoms with Crippen molar-refractivity contribution in [2.45, 2.75) is 11.4 Å². The number of nitro benzene ring substituents is 1. The normalized spacial score (nSPS) is 16.0. The van der Waals surface area contributed by atoms with E-state index in [0.717, 1.165) is 22.5 Å². The molecule has 2 aromatic carbocycles. The van der Waals surface area contributed by atoms with Gasteiger partial charge in [0.25, 0.3) is 5.69 Å². The third-order valence-electron chi connectivity index (χ3n) is 5.20. The molecule has 0 bridgehead atoms. The van der Waals surface area contributed by atoms with Gasteiger partial charge in [0, 0.05) is 67.0 Å². The Morgan fingerprint density at radius 1 is 1.07 bits per heavy atom. The van der Waals surface area contributed by atoms with Crippen molar-refractivity contribution >= 4 is 38.2 Å². The summed E-state index contributed by atoms with van der Waals surface area (Å²) >= 11 is 6.42. The van der Waals surface area contributed by atoms with Crippen molar-refractivity contribution in [2.24, 2.45) is 0 Å². The molecular formula is C20H19ClN4O4S. The molecule has 1 aliphatic rings. The molecule has 10 heteroatoms. The van der Waals surface area contributed by atoms with E-state index in [1.165, 1.54) is 22.5 Å². The summed E-state index contributed by atoms with van der Waals surface area (Å²) in [7, 11) is -3.79. The Labute approximate surface area is 178 Å². The highest BCUT2D eigenvalue weighted by Crippen LogP contribution is 2.27. The number of nitro groups is 1. The molecule has 4 rings (SSSR count). The molecule has 0 spiro atoms. The highest BCUT2D eigenvalue weighted by Gasteiger charge is 2.30. The van der Waals surface area contributed by atoms with Crippen LogP contribution in [0.15, 0.2) is 59.6 Å². The lowest BCUT2D eigenvalue weighted by Crippen LogP contribution is -2.48. The Morgan fingerprint density at radius 3 is 2.57 bits per heavy atom. The Bertz CT molecular complexity index is 1210. The van der Waals surface area contributed by atoms with Crippen LogP contribution in [0.2, 0.25) is 5.02 Å². The average molecular weight is 447 g/mol. The van der Waals surface area contributed by atoms with E-state index in [2.05, 4.69) is 9.88 Å². The van der Waals surface area contributed by atoms with Gasteiger partial charge in [0.1, 0.15) is 0 Å². The molecule has 30 heavy (non-hydrogen) atoms. The maximum atomic E-state index is 12.9. The molecule has 0 unspecified atom stereocenters. The van der Waals surface area contributed by atoms with Crippen molar-refractivity contribution in [1.29, 1.82) is 0 Å². The lowest BCUT2D eigenvalue weighted by molar-refractivity contribution is -0.385. The zero-order valence-corrected chi connectivity index (χ0v) is 17.5. The number of non-ortho nitro benzene ring substituents is 1. The summed E-state index contributed by atoms with van der Waals surface area (Å²) in [5, 5.41) is 12.6. The molecule has 1 aromatic heterocycles. The summed E-state index contributed by atoms with van der Waals surface area (Å²) in [6.45, 7) is 2.20. The number of fused-ring (bicyclic) bond motifs is 1. The van der Waals surface area contributed by atoms with E-state index in [1.54, 1.807) is 6.20 Å². The number of rotatable bonds is 5. The minimum Gasteiger partial charge on any atom is -0.296 e. The Hall–Kier alpha value is -2.59. The second kappa shape index (κ2) is 8.27. The van der Waals surface area contributed by atoms with Crippen molar-refractivity contribution in [3.05, 3.63) is 75.4 Å². The van der Waals surface area contributed by atoms with Gasteiger partial charge in [-0.3, -0.25) is 20.0 Å². The minimum atomic E-state index is -3.79. The Balaban J connectivity index is 1.49. The summed E-state index contributed by atoms with van der Waals surface area (Å²) in [4.78, 5) is 16.9. The van der Waals surface area contributed by atoms with E-state index < -0.39 is 14.9 Å². The molecule has 3 aromatic rings. The zero-order chi connectivity index (χ0) is 21.3. The van der Waals surface area contributed by atoms with Gasteiger partial charge in [-0.15, -0.1) is 0 Å². The van der Waals surface area contributed by atoms with Gasteiger partial charge < -0.3 is 0 Å². The van der Waals surface area contributed by atoms with Crippen LogP contribution in [-0.2, 0) is 16.6 Å². The van der Waals surface area contributed by atoms with Gasteiger partial charge in [-0.25, -0.2) is 8.42 Å². The van der Waals surface area contributed by atoms with Crippen molar-refractivity contribution < 1.29 is 13.3 Å². The third-order valence-corrected chi connectivity index (χ3v) is 7.45. The van der Waals surface area contributed by atoms with Gasteiger partial charge in [-0.05, 0) is 18.2 Å². The number of sulfonamides is 1. The highest BCUT2D eigenvalue weighted by atomic mass is 35.5. The molecule has 0 aliphatic carbocycles. The first-order chi connectivity index (χ1) is 14.4. The van der Waals surface area contributed by atoms with Crippen molar-refractivity contribution in [1.82, 2.24) is 14.2 Å². The van der Waals surface area contributed by atoms with E-state index in [4.69, 9.17) is 11.6 Å². The Kier molecular flexibility index (Phi) is 5.70. The van der Waals surface area contributed by atoms with Crippen LogP contribution in [0.4, 0.5) is 5.69 Å². The van der Waals surface area contributed by atoms with Crippen LogP contribution in [0.5, 0.6) is 0 Å². The van der Waals surface area contributed by atoms with Crippen LogP contribution in [0, 0.1) is 10.1 Å². The lowest BCUT2D eigenvalue weighted by atomic mass is 10.1. The number of piperazine rings is 1. The molecule has 0 radical (unpaired) electrons. The van der Waals surface area contributed by atoms with Crippen molar-refractivity contribution in [2.75, 3.05) is 26.2 Å². The summed E-state index contributed by atoms with van der Waals surface area (Å²) < 4.78 is 27.2. The number of pyridine rings is 1. The Morgan fingerprint density at radius 2 is 1.83 bits per heavy atom.